The highest BCUT2D eigenvalue weighted by Crippen LogP contribution is 2.22. The van der Waals surface area contributed by atoms with E-state index in [-0.39, 0.29) is 11.9 Å². The van der Waals surface area contributed by atoms with Gasteiger partial charge < -0.3 is 19.9 Å². The topological polar surface area (TPSA) is 70.6 Å². The van der Waals surface area contributed by atoms with Crippen molar-refractivity contribution in [3.8, 4) is 5.75 Å². The molecule has 3 rings (SSSR count). The average Bonchev–Trinajstić information content (AvgIpc) is 2.74. The summed E-state index contributed by atoms with van der Waals surface area (Å²) in [5.74, 6) is 1.51. The lowest BCUT2D eigenvalue weighted by Crippen LogP contribution is -2.47. The number of rotatable bonds is 6. The van der Waals surface area contributed by atoms with Gasteiger partial charge >= 0.3 is 0 Å². The fourth-order valence-corrected chi connectivity index (χ4v) is 3.03. The fourth-order valence-electron chi connectivity index (χ4n) is 3.03. The standard InChI is InChI=1S/C20H27N5O2/c1-4-15(2)23-20(26)18-13-19(22-14-21-18)25-11-9-24(10-12-25)16-5-7-17(27-3)8-6-16/h5-8,13-15H,4,9-12H2,1-3H3,(H,23,26). The Kier molecular flexibility index (Phi) is 6.11. The van der Waals surface area contributed by atoms with Crippen molar-refractivity contribution in [2.24, 2.45) is 0 Å². The zero-order chi connectivity index (χ0) is 19.2. The van der Waals surface area contributed by atoms with Gasteiger partial charge in [0.1, 0.15) is 23.6 Å². The number of carbonyl (C=O) groups excluding carboxylic acids is 1. The van der Waals surface area contributed by atoms with Gasteiger partial charge in [0, 0.05) is 44.0 Å². The molecule has 1 aromatic heterocycles. The summed E-state index contributed by atoms with van der Waals surface area (Å²) in [5, 5.41) is 2.95. The monoisotopic (exact) mass is 369 g/mol. The largest absolute Gasteiger partial charge is 0.497 e. The Morgan fingerprint density at radius 2 is 1.81 bits per heavy atom. The molecule has 7 heteroatoms. The van der Waals surface area contributed by atoms with E-state index in [1.807, 2.05) is 26.0 Å². The highest BCUT2D eigenvalue weighted by molar-refractivity contribution is 5.93. The van der Waals surface area contributed by atoms with Gasteiger partial charge in [0.05, 0.1) is 7.11 Å². The second-order valence-corrected chi connectivity index (χ2v) is 6.72. The first-order valence-electron chi connectivity index (χ1n) is 9.37. The summed E-state index contributed by atoms with van der Waals surface area (Å²) in [6, 6.07) is 10.0. The van der Waals surface area contributed by atoms with Gasteiger partial charge in [0.25, 0.3) is 5.91 Å². The maximum Gasteiger partial charge on any atom is 0.270 e. The molecule has 7 nitrogen and oxygen atoms in total. The molecule has 1 atom stereocenters. The minimum atomic E-state index is -0.148. The summed E-state index contributed by atoms with van der Waals surface area (Å²) in [4.78, 5) is 25.3. The molecule has 1 unspecified atom stereocenters. The van der Waals surface area contributed by atoms with E-state index in [0.717, 1.165) is 44.2 Å². The zero-order valence-electron chi connectivity index (χ0n) is 16.2. The smallest absolute Gasteiger partial charge is 0.270 e. The lowest BCUT2D eigenvalue weighted by Gasteiger charge is -2.36. The number of nitrogens with one attached hydrogen (secondary N) is 1. The number of hydrogen-bond acceptors (Lipinski definition) is 6. The molecule has 1 fully saturated rings. The van der Waals surface area contributed by atoms with Crippen molar-refractivity contribution in [1.82, 2.24) is 15.3 Å². The number of methoxy groups -OCH3 is 1. The summed E-state index contributed by atoms with van der Waals surface area (Å²) in [7, 11) is 1.67. The number of hydrogen-bond donors (Lipinski definition) is 1. The highest BCUT2D eigenvalue weighted by Gasteiger charge is 2.20. The third kappa shape index (κ3) is 4.67. The number of aromatic nitrogens is 2. The second-order valence-electron chi connectivity index (χ2n) is 6.72. The first-order valence-corrected chi connectivity index (χ1v) is 9.37. The minimum absolute atomic E-state index is 0.129. The van der Waals surface area contributed by atoms with Gasteiger partial charge in [-0.05, 0) is 37.6 Å². The molecule has 1 amide bonds. The molecule has 2 aromatic rings. The van der Waals surface area contributed by atoms with Crippen LogP contribution in [-0.2, 0) is 0 Å². The van der Waals surface area contributed by atoms with Crippen molar-refractivity contribution in [1.29, 1.82) is 0 Å². The summed E-state index contributed by atoms with van der Waals surface area (Å²) in [6.07, 6.45) is 2.35. The maximum atomic E-state index is 12.3. The molecule has 27 heavy (non-hydrogen) atoms. The van der Waals surface area contributed by atoms with E-state index in [4.69, 9.17) is 4.74 Å². The molecule has 1 N–H and O–H groups in total. The number of nitrogens with zero attached hydrogens (tertiary/aromatic N) is 4. The van der Waals surface area contributed by atoms with Crippen LogP contribution in [0.1, 0.15) is 30.8 Å². The van der Waals surface area contributed by atoms with Crippen LogP contribution >= 0.6 is 0 Å². The summed E-state index contributed by atoms with van der Waals surface area (Å²) >= 11 is 0. The number of carbonyl (C=O) groups is 1. The molecule has 1 aliphatic heterocycles. The van der Waals surface area contributed by atoms with Crippen molar-refractivity contribution >= 4 is 17.4 Å². The normalized spacial score (nSPS) is 15.4. The molecule has 1 aromatic carbocycles. The Hall–Kier alpha value is -2.83. The lowest BCUT2D eigenvalue weighted by atomic mass is 10.2. The number of benzene rings is 1. The molecule has 144 valence electrons. The lowest BCUT2D eigenvalue weighted by molar-refractivity contribution is 0.0934. The fraction of sp³-hybridized carbons (Fsp3) is 0.450. The predicted molar refractivity (Wildman–Crippen MR) is 107 cm³/mol. The Labute approximate surface area is 160 Å². The van der Waals surface area contributed by atoms with Crippen LogP contribution in [0.15, 0.2) is 36.7 Å². The molecule has 1 saturated heterocycles. The Balaban J connectivity index is 1.62. The van der Waals surface area contributed by atoms with Gasteiger partial charge in [-0.1, -0.05) is 6.92 Å². The van der Waals surface area contributed by atoms with Crippen LogP contribution in [-0.4, -0.2) is 55.2 Å². The molecule has 0 aliphatic carbocycles. The SMILES string of the molecule is CCC(C)NC(=O)c1cc(N2CCN(c3ccc(OC)cc3)CC2)ncn1. The van der Waals surface area contributed by atoms with Gasteiger partial charge in [-0.25, -0.2) is 9.97 Å². The molecule has 0 bridgehead atoms. The highest BCUT2D eigenvalue weighted by atomic mass is 16.5. The van der Waals surface area contributed by atoms with Crippen LogP contribution in [0.3, 0.4) is 0 Å². The van der Waals surface area contributed by atoms with E-state index in [9.17, 15) is 4.79 Å². The first kappa shape index (κ1) is 18.9. The van der Waals surface area contributed by atoms with E-state index in [1.165, 1.54) is 12.0 Å². The number of ether oxygens (including phenoxy) is 1. The molecule has 1 aliphatic rings. The van der Waals surface area contributed by atoms with Gasteiger partial charge in [-0.2, -0.15) is 0 Å². The Bertz CT molecular complexity index is 757. The summed E-state index contributed by atoms with van der Waals surface area (Å²) < 4.78 is 5.22. The summed E-state index contributed by atoms with van der Waals surface area (Å²) in [6.45, 7) is 7.50. The Morgan fingerprint density at radius 3 is 2.44 bits per heavy atom. The van der Waals surface area contributed by atoms with Crippen LogP contribution in [0.4, 0.5) is 11.5 Å². The van der Waals surface area contributed by atoms with E-state index >= 15 is 0 Å². The number of piperazine rings is 1. The van der Waals surface area contributed by atoms with Crippen molar-refractivity contribution in [3.63, 3.8) is 0 Å². The van der Waals surface area contributed by atoms with Gasteiger partial charge in [-0.15, -0.1) is 0 Å². The predicted octanol–water partition coefficient (Wildman–Crippen LogP) is 2.34. The van der Waals surface area contributed by atoms with Crippen LogP contribution in [0.25, 0.3) is 0 Å². The van der Waals surface area contributed by atoms with Crippen LogP contribution in [0, 0.1) is 0 Å². The molecular weight excluding hydrogens is 342 g/mol. The van der Waals surface area contributed by atoms with Crippen molar-refractivity contribution in [3.05, 3.63) is 42.4 Å². The van der Waals surface area contributed by atoms with E-state index in [2.05, 4.69) is 37.2 Å². The number of anilines is 2. The molecular formula is C20H27N5O2. The molecule has 0 radical (unpaired) electrons. The molecule has 0 spiro atoms. The zero-order valence-corrected chi connectivity index (χ0v) is 16.2. The van der Waals surface area contributed by atoms with Crippen molar-refractivity contribution in [2.45, 2.75) is 26.3 Å². The maximum absolute atomic E-state index is 12.3. The van der Waals surface area contributed by atoms with E-state index in [0.29, 0.717) is 5.69 Å². The first-order chi connectivity index (χ1) is 13.1. The van der Waals surface area contributed by atoms with Gasteiger partial charge in [-0.3, -0.25) is 4.79 Å². The average molecular weight is 369 g/mol. The third-order valence-corrected chi connectivity index (χ3v) is 4.92. The van der Waals surface area contributed by atoms with Crippen LogP contribution in [0.2, 0.25) is 0 Å². The molecule has 2 heterocycles. The Morgan fingerprint density at radius 1 is 1.15 bits per heavy atom. The second kappa shape index (κ2) is 8.70. The van der Waals surface area contributed by atoms with Crippen molar-refractivity contribution in [2.75, 3.05) is 43.1 Å². The number of amides is 1. The van der Waals surface area contributed by atoms with Gasteiger partial charge in [0.15, 0.2) is 0 Å². The van der Waals surface area contributed by atoms with E-state index in [1.54, 1.807) is 13.2 Å². The quantitative estimate of drug-likeness (QED) is 0.843. The minimum Gasteiger partial charge on any atom is -0.497 e. The third-order valence-electron chi connectivity index (χ3n) is 4.92. The molecule has 0 saturated carbocycles. The van der Waals surface area contributed by atoms with Gasteiger partial charge in [0.2, 0.25) is 0 Å². The van der Waals surface area contributed by atoms with Crippen molar-refractivity contribution < 1.29 is 9.53 Å². The van der Waals surface area contributed by atoms with Crippen LogP contribution < -0.4 is 19.9 Å². The summed E-state index contributed by atoms with van der Waals surface area (Å²) in [5.41, 5.74) is 1.60. The van der Waals surface area contributed by atoms with E-state index < -0.39 is 0 Å². The van der Waals surface area contributed by atoms with Crippen LogP contribution in [0.5, 0.6) is 5.75 Å².